The van der Waals surface area contributed by atoms with E-state index in [0.717, 1.165) is 16.5 Å². The number of nitrogens with two attached hydrogens (primary N) is 1. The van der Waals surface area contributed by atoms with Crippen LogP contribution in [0.1, 0.15) is 47.6 Å². The summed E-state index contributed by atoms with van der Waals surface area (Å²) in [6.07, 6.45) is 3.07. The minimum Gasteiger partial charge on any atom is -0.461 e. The quantitative estimate of drug-likeness (QED) is 0.678. The van der Waals surface area contributed by atoms with Gasteiger partial charge in [0.15, 0.2) is 5.69 Å². The predicted molar refractivity (Wildman–Crippen MR) is 90.8 cm³/mol. The minimum atomic E-state index is -0.469. The van der Waals surface area contributed by atoms with Crippen LogP contribution in [-0.4, -0.2) is 22.5 Å². The second kappa shape index (κ2) is 6.88. The van der Waals surface area contributed by atoms with E-state index in [9.17, 15) is 4.79 Å². The molecule has 0 aliphatic rings. The SMILES string of the molecule is CCOC(=O)c1nc([C@H](N)Cc2c[nH]c3ccccc23)oc1CC. The number of hydrogen-bond donors (Lipinski definition) is 2. The average Bonchev–Trinajstić information content (AvgIpc) is 3.19. The Morgan fingerprint density at radius 1 is 1.38 bits per heavy atom. The van der Waals surface area contributed by atoms with Gasteiger partial charge in [0.2, 0.25) is 5.89 Å². The zero-order valence-corrected chi connectivity index (χ0v) is 13.8. The largest absolute Gasteiger partial charge is 0.461 e. The van der Waals surface area contributed by atoms with Crippen LogP contribution in [0.2, 0.25) is 0 Å². The number of nitrogens with one attached hydrogen (secondary N) is 1. The van der Waals surface area contributed by atoms with Crippen molar-refractivity contribution in [3.63, 3.8) is 0 Å². The third kappa shape index (κ3) is 3.05. The van der Waals surface area contributed by atoms with Gasteiger partial charge in [-0.05, 0) is 25.0 Å². The van der Waals surface area contributed by atoms with Gasteiger partial charge in [0.05, 0.1) is 12.6 Å². The summed E-state index contributed by atoms with van der Waals surface area (Å²) in [5.41, 5.74) is 8.65. The molecule has 126 valence electrons. The summed E-state index contributed by atoms with van der Waals surface area (Å²) in [7, 11) is 0. The van der Waals surface area contributed by atoms with Crippen molar-refractivity contribution in [1.29, 1.82) is 0 Å². The normalized spacial score (nSPS) is 12.5. The van der Waals surface area contributed by atoms with E-state index in [1.54, 1.807) is 6.92 Å². The number of benzene rings is 1. The fourth-order valence-corrected chi connectivity index (χ4v) is 2.75. The van der Waals surface area contributed by atoms with Crippen molar-refractivity contribution < 1.29 is 13.9 Å². The Morgan fingerprint density at radius 3 is 2.92 bits per heavy atom. The van der Waals surface area contributed by atoms with E-state index in [0.29, 0.717) is 31.1 Å². The summed E-state index contributed by atoms with van der Waals surface area (Å²) >= 11 is 0. The number of para-hydroxylation sites is 1. The number of rotatable bonds is 6. The first-order valence-corrected chi connectivity index (χ1v) is 8.11. The summed E-state index contributed by atoms with van der Waals surface area (Å²) in [5.74, 6) is 0.404. The summed E-state index contributed by atoms with van der Waals surface area (Å²) < 4.78 is 10.7. The monoisotopic (exact) mass is 327 g/mol. The number of esters is 1. The molecule has 0 saturated heterocycles. The van der Waals surface area contributed by atoms with Crippen molar-refractivity contribution >= 4 is 16.9 Å². The van der Waals surface area contributed by atoms with Crippen LogP contribution in [0.4, 0.5) is 0 Å². The maximum absolute atomic E-state index is 12.0. The van der Waals surface area contributed by atoms with E-state index in [-0.39, 0.29) is 5.69 Å². The van der Waals surface area contributed by atoms with Gasteiger partial charge in [0, 0.05) is 23.5 Å². The van der Waals surface area contributed by atoms with Crippen LogP contribution in [0, 0.1) is 0 Å². The second-order valence-electron chi connectivity index (χ2n) is 5.57. The van der Waals surface area contributed by atoms with Crippen LogP contribution in [0.25, 0.3) is 10.9 Å². The van der Waals surface area contributed by atoms with Crippen LogP contribution >= 0.6 is 0 Å². The molecule has 0 fully saturated rings. The second-order valence-corrected chi connectivity index (χ2v) is 5.57. The molecule has 2 heterocycles. The molecular formula is C18H21N3O3. The van der Waals surface area contributed by atoms with Crippen molar-refractivity contribution in [3.05, 3.63) is 53.4 Å². The van der Waals surface area contributed by atoms with Crippen LogP contribution in [-0.2, 0) is 17.6 Å². The number of oxazole rings is 1. The molecule has 0 saturated carbocycles. The van der Waals surface area contributed by atoms with Crippen molar-refractivity contribution in [2.45, 2.75) is 32.7 Å². The number of aromatic nitrogens is 2. The van der Waals surface area contributed by atoms with Crippen LogP contribution < -0.4 is 5.73 Å². The van der Waals surface area contributed by atoms with Gasteiger partial charge in [-0.15, -0.1) is 0 Å². The molecule has 0 aliphatic heterocycles. The van der Waals surface area contributed by atoms with Gasteiger partial charge in [0.1, 0.15) is 5.76 Å². The molecule has 1 atom stereocenters. The van der Waals surface area contributed by atoms with Crippen molar-refractivity contribution in [2.24, 2.45) is 5.73 Å². The van der Waals surface area contributed by atoms with Crippen molar-refractivity contribution in [1.82, 2.24) is 9.97 Å². The first-order valence-electron chi connectivity index (χ1n) is 8.11. The molecule has 6 nitrogen and oxygen atoms in total. The van der Waals surface area contributed by atoms with Gasteiger partial charge in [-0.1, -0.05) is 25.1 Å². The van der Waals surface area contributed by atoms with Crippen LogP contribution in [0.15, 0.2) is 34.9 Å². The lowest BCUT2D eigenvalue weighted by Crippen LogP contribution is -2.14. The summed E-state index contributed by atoms with van der Waals surface area (Å²) in [6.45, 7) is 3.96. The average molecular weight is 327 g/mol. The van der Waals surface area contributed by atoms with Gasteiger partial charge in [-0.25, -0.2) is 9.78 Å². The molecule has 0 amide bonds. The fraction of sp³-hybridized carbons (Fsp3) is 0.333. The molecule has 3 N–H and O–H groups in total. The van der Waals surface area contributed by atoms with Crippen LogP contribution in [0.5, 0.6) is 0 Å². The third-order valence-electron chi connectivity index (χ3n) is 3.94. The number of aryl methyl sites for hydroxylation is 1. The zero-order valence-electron chi connectivity index (χ0n) is 13.8. The van der Waals surface area contributed by atoms with Crippen molar-refractivity contribution in [3.8, 4) is 0 Å². The summed E-state index contributed by atoms with van der Waals surface area (Å²) in [5, 5.41) is 1.13. The smallest absolute Gasteiger partial charge is 0.360 e. The Labute approximate surface area is 140 Å². The molecule has 1 aromatic carbocycles. The molecule has 2 aromatic heterocycles. The standard InChI is InChI=1S/C18H21N3O3/c1-3-15-16(18(22)23-4-2)21-17(24-15)13(19)9-11-10-20-14-8-6-5-7-12(11)14/h5-8,10,13,20H,3-4,9,19H2,1-2H3/t13-/m1/s1. The highest BCUT2D eigenvalue weighted by Crippen LogP contribution is 2.24. The topological polar surface area (TPSA) is 94.1 Å². The molecule has 0 spiro atoms. The Kier molecular flexibility index (Phi) is 4.66. The van der Waals surface area contributed by atoms with E-state index < -0.39 is 12.0 Å². The summed E-state index contributed by atoms with van der Waals surface area (Å²) in [6, 6.07) is 7.60. The van der Waals surface area contributed by atoms with Gasteiger partial charge >= 0.3 is 5.97 Å². The maximum Gasteiger partial charge on any atom is 0.360 e. The first-order chi connectivity index (χ1) is 11.6. The van der Waals surface area contributed by atoms with E-state index >= 15 is 0 Å². The molecule has 0 aliphatic carbocycles. The highest BCUT2D eigenvalue weighted by atomic mass is 16.5. The first kappa shape index (κ1) is 16.3. The highest BCUT2D eigenvalue weighted by molar-refractivity contribution is 5.88. The Bertz CT molecular complexity index is 850. The summed E-state index contributed by atoms with van der Waals surface area (Å²) in [4.78, 5) is 19.5. The molecule has 6 heteroatoms. The van der Waals surface area contributed by atoms with Crippen molar-refractivity contribution in [2.75, 3.05) is 6.61 Å². The molecule has 0 unspecified atom stereocenters. The van der Waals surface area contributed by atoms with Gasteiger partial charge in [-0.2, -0.15) is 0 Å². The Hall–Kier alpha value is -2.60. The minimum absolute atomic E-state index is 0.226. The number of carbonyl (C=O) groups excluding carboxylic acids is 1. The van der Waals surface area contributed by atoms with Gasteiger partial charge in [0.25, 0.3) is 0 Å². The van der Waals surface area contributed by atoms with E-state index in [1.165, 1.54) is 0 Å². The lowest BCUT2D eigenvalue weighted by Gasteiger charge is -2.06. The third-order valence-corrected chi connectivity index (χ3v) is 3.94. The molecule has 24 heavy (non-hydrogen) atoms. The van der Waals surface area contributed by atoms with E-state index in [2.05, 4.69) is 9.97 Å². The molecular weight excluding hydrogens is 306 g/mol. The van der Waals surface area contributed by atoms with Crippen LogP contribution in [0.3, 0.4) is 0 Å². The number of aromatic amines is 1. The molecule has 0 radical (unpaired) electrons. The predicted octanol–water partition coefficient (Wildman–Crippen LogP) is 3.14. The van der Waals surface area contributed by atoms with Gasteiger partial charge < -0.3 is 19.9 Å². The highest BCUT2D eigenvalue weighted by Gasteiger charge is 2.23. The molecule has 3 aromatic rings. The van der Waals surface area contributed by atoms with E-state index in [4.69, 9.17) is 14.9 Å². The lowest BCUT2D eigenvalue weighted by atomic mass is 10.1. The lowest BCUT2D eigenvalue weighted by molar-refractivity contribution is 0.0517. The Morgan fingerprint density at radius 2 is 2.17 bits per heavy atom. The number of hydrogen-bond acceptors (Lipinski definition) is 5. The number of H-pyrrole nitrogens is 1. The molecule has 3 rings (SSSR count). The fourth-order valence-electron chi connectivity index (χ4n) is 2.75. The number of ether oxygens (including phenoxy) is 1. The van der Waals surface area contributed by atoms with Gasteiger partial charge in [-0.3, -0.25) is 0 Å². The number of nitrogens with zero attached hydrogens (tertiary/aromatic N) is 1. The Balaban J connectivity index is 1.84. The number of carbonyl (C=O) groups is 1. The number of fused-ring (bicyclic) bond motifs is 1. The zero-order chi connectivity index (χ0) is 17.1. The molecule has 0 bridgehead atoms. The van der Waals surface area contributed by atoms with E-state index in [1.807, 2.05) is 37.4 Å². The maximum atomic E-state index is 12.0.